The summed E-state index contributed by atoms with van der Waals surface area (Å²) < 4.78 is 39.3. The number of halogens is 4. The Balaban J connectivity index is 1.71. The molecule has 0 bridgehead atoms. The molecule has 0 radical (unpaired) electrons. The summed E-state index contributed by atoms with van der Waals surface area (Å²) in [4.78, 5) is 38.5. The molecule has 1 saturated heterocycles. The summed E-state index contributed by atoms with van der Waals surface area (Å²) in [5.41, 5.74) is -1.62. The Hall–Kier alpha value is -3.12. The van der Waals surface area contributed by atoms with Crippen LogP contribution < -0.4 is 10.6 Å². The number of nitrogens with one attached hydrogen (secondary N) is 2. The van der Waals surface area contributed by atoms with Gasteiger partial charge in [-0.25, -0.2) is 4.99 Å². The van der Waals surface area contributed by atoms with Crippen molar-refractivity contribution in [1.82, 2.24) is 5.32 Å². The maximum atomic E-state index is 13.1. The number of nitro benzene ring substituents is 1. The zero-order valence-corrected chi connectivity index (χ0v) is 16.8. The van der Waals surface area contributed by atoms with E-state index < -0.39 is 33.7 Å². The maximum absolute atomic E-state index is 13.1. The highest BCUT2D eigenvalue weighted by atomic mass is 35.5. The third-order valence-electron chi connectivity index (χ3n) is 4.01. The highest BCUT2D eigenvalue weighted by Gasteiger charge is 2.35. The molecule has 162 valence electrons. The number of nitrogens with zero attached hydrogens (tertiary/aromatic N) is 2. The summed E-state index contributed by atoms with van der Waals surface area (Å²) in [6.07, 6.45) is -4.97. The third kappa shape index (κ3) is 5.52. The van der Waals surface area contributed by atoms with Crippen LogP contribution in [0.25, 0.3) is 0 Å². The monoisotopic (exact) mass is 472 g/mol. The van der Waals surface area contributed by atoms with Crippen LogP contribution in [0.5, 0.6) is 0 Å². The molecular formula is C18H12ClF3N4O4S. The van der Waals surface area contributed by atoms with Gasteiger partial charge in [0, 0.05) is 18.6 Å². The first kappa shape index (κ1) is 22.6. The summed E-state index contributed by atoms with van der Waals surface area (Å²) in [6.45, 7) is 0. The van der Waals surface area contributed by atoms with Crippen molar-refractivity contribution in [3.8, 4) is 0 Å². The van der Waals surface area contributed by atoms with Gasteiger partial charge in [0.2, 0.25) is 11.8 Å². The van der Waals surface area contributed by atoms with Crippen LogP contribution in [0, 0.1) is 10.1 Å². The molecule has 2 aromatic carbocycles. The van der Waals surface area contributed by atoms with E-state index in [9.17, 15) is 32.9 Å². The molecule has 2 amide bonds. The number of alkyl halides is 3. The first-order valence-electron chi connectivity index (χ1n) is 8.51. The molecule has 1 fully saturated rings. The lowest BCUT2D eigenvalue weighted by Crippen LogP contribution is -2.28. The van der Waals surface area contributed by atoms with Gasteiger partial charge in [0.15, 0.2) is 5.17 Å². The molecule has 1 aliphatic rings. The third-order valence-corrected chi connectivity index (χ3v) is 5.43. The fraction of sp³-hybridized carbons (Fsp3) is 0.167. The van der Waals surface area contributed by atoms with Crippen molar-refractivity contribution in [2.45, 2.75) is 17.8 Å². The number of nitro groups is 1. The highest BCUT2D eigenvalue weighted by Crippen LogP contribution is 2.37. The van der Waals surface area contributed by atoms with Crippen LogP contribution in [-0.2, 0) is 15.8 Å². The van der Waals surface area contributed by atoms with Gasteiger partial charge in [-0.2, -0.15) is 13.2 Å². The number of hydrogen-bond donors (Lipinski definition) is 2. The van der Waals surface area contributed by atoms with Gasteiger partial charge in [-0.1, -0.05) is 35.5 Å². The number of anilines is 1. The van der Waals surface area contributed by atoms with E-state index in [2.05, 4.69) is 15.6 Å². The molecule has 1 atom stereocenters. The van der Waals surface area contributed by atoms with E-state index in [1.807, 2.05) is 0 Å². The minimum Gasteiger partial charge on any atom is -0.325 e. The normalized spacial score (nSPS) is 17.5. The van der Waals surface area contributed by atoms with Crippen LogP contribution in [0.1, 0.15) is 12.0 Å². The lowest BCUT2D eigenvalue weighted by atomic mass is 10.2. The van der Waals surface area contributed by atoms with Crippen molar-refractivity contribution >= 4 is 57.4 Å². The van der Waals surface area contributed by atoms with E-state index in [1.165, 1.54) is 24.3 Å². The van der Waals surface area contributed by atoms with Crippen LogP contribution in [0.2, 0.25) is 5.02 Å². The van der Waals surface area contributed by atoms with E-state index in [4.69, 9.17) is 11.6 Å². The minimum absolute atomic E-state index is 0.00253. The Kier molecular flexibility index (Phi) is 6.51. The number of rotatable bonds is 5. The summed E-state index contributed by atoms with van der Waals surface area (Å²) in [6, 6.07) is 8.11. The van der Waals surface area contributed by atoms with Gasteiger partial charge in [0.1, 0.15) is 5.25 Å². The SMILES string of the molecule is O=C(C[C@@H]1SC(=Nc2ccccc2C(F)(F)F)NC1=O)Nc1cc([N+](=O)[O-])ccc1Cl. The predicted molar refractivity (Wildman–Crippen MR) is 109 cm³/mol. The zero-order valence-electron chi connectivity index (χ0n) is 15.3. The van der Waals surface area contributed by atoms with Gasteiger partial charge >= 0.3 is 6.18 Å². The Morgan fingerprint density at radius 2 is 2.00 bits per heavy atom. The minimum atomic E-state index is -4.62. The smallest absolute Gasteiger partial charge is 0.325 e. The number of benzene rings is 2. The van der Waals surface area contributed by atoms with Gasteiger partial charge in [-0.15, -0.1) is 0 Å². The Labute approximate surface area is 182 Å². The van der Waals surface area contributed by atoms with E-state index >= 15 is 0 Å². The summed E-state index contributed by atoms with van der Waals surface area (Å²) in [7, 11) is 0. The topological polar surface area (TPSA) is 114 Å². The lowest BCUT2D eigenvalue weighted by molar-refractivity contribution is -0.384. The zero-order chi connectivity index (χ0) is 22.8. The maximum Gasteiger partial charge on any atom is 0.418 e. The molecule has 3 rings (SSSR count). The summed E-state index contributed by atoms with van der Waals surface area (Å²) >= 11 is 6.73. The molecule has 0 saturated carbocycles. The van der Waals surface area contributed by atoms with E-state index in [0.717, 1.165) is 30.0 Å². The van der Waals surface area contributed by atoms with Gasteiger partial charge < -0.3 is 10.6 Å². The van der Waals surface area contributed by atoms with Crippen molar-refractivity contribution in [3.05, 3.63) is 63.2 Å². The lowest BCUT2D eigenvalue weighted by Gasteiger charge is -2.09. The van der Waals surface area contributed by atoms with Gasteiger partial charge in [-0.3, -0.25) is 19.7 Å². The molecule has 2 N–H and O–H groups in total. The van der Waals surface area contributed by atoms with Crippen LogP contribution in [0.3, 0.4) is 0 Å². The summed E-state index contributed by atoms with van der Waals surface area (Å²) in [5, 5.41) is 14.6. The van der Waals surface area contributed by atoms with Gasteiger partial charge in [0.05, 0.1) is 26.9 Å². The number of carbonyl (C=O) groups is 2. The van der Waals surface area contributed by atoms with Crippen LogP contribution >= 0.6 is 23.4 Å². The number of amides is 2. The quantitative estimate of drug-likeness (QED) is 0.490. The molecule has 31 heavy (non-hydrogen) atoms. The van der Waals surface area contributed by atoms with Crippen molar-refractivity contribution in [2.24, 2.45) is 4.99 Å². The molecule has 13 heteroatoms. The molecule has 0 unspecified atom stereocenters. The number of non-ortho nitro benzene ring substituents is 1. The van der Waals surface area contributed by atoms with E-state index in [0.29, 0.717) is 0 Å². The second-order valence-electron chi connectivity index (χ2n) is 6.20. The van der Waals surface area contributed by atoms with E-state index in [1.54, 1.807) is 0 Å². The fourth-order valence-corrected chi connectivity index (χ4v) is 3.75. The molecule has 0 aliphatic carbocycles. The fourth-order valence-electron chi connectivity index (χ4n) is 2.60. The first-order valence-corrected chi connectivity index (χ1v) is 9.76. The average Bonchev–Trinajstić information content (AvgIpc) is 3.01. The first-order chi connectivity index (χ1) is 14.5. The predicted octanol–water partition coefficient (Wildman–Crippen LogP) is 4.51. The van der Waals surface area contributed by atoms with Crippen molar-refractivity contribution < 1.29 is 27.7 Å². The number of amidine groups is 1. The van der Waals surface area contributed by atoms with Crippen LogP contribution in [-0.4, -0.2) is 27.2 Å². The highest BCUT2D eigenvalue weighted by molar-refractivity contribution is 8.15. The summed E-state index contributed by atoms with van der Waals surface area (Å²) in [5.74, 6) is -1.26. The van der Waals surface area contributed by atoms with E-state index in [-0.39, 0.29) is 33.7 Å². The van der Waals surface area contributed by atoms with Crippen LogP contribution in [0.15, 0.2) is 47.5 Å². The number of carbonyl (C=O) groups excluding carboxylic acids is 2. The molecule has 1 aliphatic heterocycles. The number of aliphatic imine (C=N–C) groups is 1. The standard InChI is InChI=1S/C18H12ClF3N4O4S/c19-11-6-5-9(26(29)30)7-13(11)23-15(27)8-14-16(28)25-17(31-14)24-12-4-2-1-3-10(12)18(20,21)22/h1-7,14H,8H2,(H,23,27)(H,24,25,28)/t14-/m0/s1. The number of thioether (sulfide) groups is 1. The van der Waals surface area contributed by atoms with Crippen molar-refractivity contribution in [3.63, 3.8) is 0 Å². The largest absolute Gasteiger partial charge is 0.418 e. The molecule has 0 aromatic heterocycles. The van der Waals surface area contributed by atoms with Crippen molar-refractivity contribution in [2.75, 3.05) is 5.32 Å². The molecule has 2 aromatic rings. The molecule has 0 spiro atoms. The second kappa shape index (κ2) is 8.94. The van der Waals surface area contributed by atoms with Gasteiger partial charge in [0.25, 0.3) is 5.69 Å². The number of hydrogen-bond acceptors (Lipinski definition) is 6. The average molecular weight is 473 g/mol. The Morgan fingerprint density at radius 3 is 2.68 bits per heavy atom. The molecular weight excluding hydrogens is 461 g/mol. The molecule has 1 heterocycles. The number of para-hydroxylation sites is 1. The van der Waals surface area contributed by atoms with Crippen LogP contribution in [0.4, 0.5) is 30.2 Å². The van der Waals surface area contributed by atoms with Gasteiger partial charge in [-0.05, 0) is 18.2 Å². The Morgan fingerprint density at radius 1 is 1.29 bits per heavy atom. The molecule has 8 nitrogen and oxygen atoms in total. The second-order valence-corrected chi connectivity index (χ2v) is 7.80. The van der Waals surface area contributed by atoms with Crippen molar-refractivity contribution in [1.29, 1.82) is 0 Å². The Bertz CT molecular complexity index is 1090.